The first kappa shape index (κ1) is 12.7. The smallest absolute Gasteiger partial charge is 0.354 e. The van der Waals surface area contributed by atoms with Crippen molar-refractivity contribution in [2.75, 3.05) is 5.32 Å². The average molecular weight is 261 g/mol. The zero-order valence-corrected chi connectivity index (χ0v) is 10.3. The Morgan fingerprint density at radius 3 is 2.58 bits per heavy atom. The van der Waals surface area contributed by atoms with Gasteiger partial charge in [0.25, 0.3) is 5.91 Å². The third-order valence-corrected chi connectivity index (χ3v) is 2.32. The zero-order chi connectivity index (χ0) is 14.0. The van der Waals surface area contributed by atoms with Crippen LogP contribution in [0.3, 0.4) is 0 Å². The number of aromatic carboxylic acids is 1. The minimum Gasteiger partial charge on any atom is -0.477 e. The average Bonchev–Trinajstić information content (AvgIpc) is 2.69. The van der Waals surface area contributed by atoms with Gasteiger partial charge in [-0.05, 0) is 19.1 Å². The molecule has 0 saturated heterocycles. The van der Waals surface area contributed by atoms with Gasteiger partial charge in [-0.1, -0.05) is 6.07 Å². The summed E-state index contributed by atoms with van der Waals surface area (Å²) in [6.45, 7) is 3.28. The van der Waals surface area contributed by atoms with Gasteiger partial charge in [0.2, 0.25) is 5.76 Å². The number of nitrogens with one attached hydrogen (secondary N) is 1. The van der Waals surface area contributed by atoms with Crippen molar-refractivity contribution in [3.8, 4) is 0 Å². The van der Waals surface area contributed by atoms with Crippen molar-refractivity contribution in [3.63, 3.8) is 0 Å². The van der Waals surface area contributed by atoms with E-state index in [-0.39, 0.29) is 17.3 Å². The molecule has 2 heterocycles. The van der Waals surface area contributed by atoms with Crippen LogP contribution in [0.15, 0.2) is 22.6 Å². The van der Waals surface area contributed by atoms with Gasteiger partial charge in [0, 0.05) is 6.92 Å². The number of aromatic nitrogens is 2. The maximum atomic E-state index is 11.9. The predicted molar refractivity (Wildman–Crippen MR) is 65.1 cm³/mol. The summed E-state index contributed by atoms with van der Waals surface area (Å²) in [5.41, 5.74) is 0.313. The Morgan fingerprint density at radius 2 is 2.00 bits per heavy atom. The van der Waals surface area contributed by atoms with Crippen LogP contribution in [0.4, 0.5) is 5.82 Å². The lowest BCUT2D eigenvalue weighted by Gasteiger charge is -2.03. The number of aryl methyl sites for hydroxylation is 2. The fourth-order valence-electron chi connectivity index (χ4n) is 1.54. The maximum Gasteiger partial charge on any atom is 0.354 e. The lowest BCUT2D eigenvalue weighted by atomic mass is 10.3. The van der Waals surface area contributed by atoms with Crippen LogP contribution >= 0.6 is 0 Å². The van der Waals surface area contributed by atoms with Crippen LogP contribution in [0, 0.1) is 13.8 Å². The highest BCUT2D eigenvalue weighted by Crippen LogP contribution is 2.12. The van der Waals surface area contributed by atoms with Crippen molar-refractivity contribution >= 4 is 17.7 Å². The van der Waals surface area contributed by atoms with Crippen LogP contribution in [-0.2, 0) is 0 Å². The third kappa shape index (κ3) is 2.76. The molecule has 0 fully saturated rings. The largest absolute Gasteiger partial charge is 0.477 e. The van der Waals surface area contributed by atoms with Crippen LogP contribution < -0.4 is 5.32 Å². The summed E-state index contributed by atoms with van der Waals surface area (Å²) in [5, 5.41) is 11.3. The molecule has 0 aliphatic heterocycles. The molecule has 0 saturated carbocycles. The van der Waals surface area contributed by atoms with Crippen LogP contribution in [0.25, 0.3) is 0 Å². The van der Waals surface area contributed by atoms with Gasteiger partial charge in [0.05, 0.1) is 5.69 Å². The number of carboxylic acid groups (broad SMARTS) is 1. The quantitative estimate of drug-likeness (QED) is 0.870. The molecule has 7 heteroatoms. The number of rotatable bonds is 3. The van der Waals surface area contributed by atoms with Gasteiger partial charge in [0.1, 0.15) is 5.82 Å². The molecule has 0 radical (unpaired) electrons. The normalized spacial score (nSPS) is 10.2. The topological polar surface area (TPSA) is 105 Å². The molecule has 1 amide bonds. The minimum absolute atomic E-state index is 0.0834. The van der Waals surface area contributed by atoms with E-state index in [2.05, 4.69) is 15.3 Å². The van der Waals surface area contributed by atoms with Crippen molar-refractivity contribution in [3.05, 3.63) is 41.2 Å². The number of carbonyl (C=O) groups excluding carboxylic acids is 1. The van der Waals surface area contributed by atoms with Gasteiger partial charge in [-0.3, -0.25) is 4.79 Å². The lowest BCUT2D eigenvalue weighted by Crippen LogP contribution is -2.14. The van der Waals surface area contributed by atoms with Gasteiger partial charge in [-0.15, -0.1) is 0 Å². The van der Waals surface area contributed by atoms with E-state index in [9.17, 15) is 9.59 Å². The molecule has 0 aliphatic carbocycles. The number of pyridine rings is 1. The molecule has 0 aliphatic rings. The molecule has 19 heavy (non-hydrogen) atoms. The Hall–Kier alpha value is -2.70. The highest BCUT2D eigenvalue weighted by Gasteiger charge is 2.17. The number of carbonyl (C=O) groups is 2. The van der Waals surface area contributed by atoms with Gasteiger partial charge < -0.3 is 14.8 Å². The third-order valence-electron chi connectivity index (χ3n) is 2.32. The number of hydrogen-bond acceptors (Lipinski definition) is 5. The van der Waals surface area contributed by atoms with Gasteiger partial charge >= 0.3 is 5.97 Å². The lowest BCUT2D eigenvalue weighted by molar-refractivity contribution is 0.0690. The van der Waals surface area contributed by atoms with E-state index in [0.29, 0.717) is 11.6 Å². The first-order chi connectivity index (χ1) is 8.97. The molecule has 0 spiro atoms. The van der Waals surface area contributed by atoms with Crippen LogP contribution in [0.2, 0.25) is 0 Å². The second-order valence-corrected chi connectivity index (χ2v) is 3.81. The molecule has 2 aromatic rings. The van der Waals surface area contributed by atoms with Crippen molar-refractivity contribution < 1.29 is 19.1 Å². The maximum absolute atomic E-state index is 11.9. The summed E-state index contributed by atoms with van der Waals surface area (Å²) in [7, 11) is 0. The van der Waals surface area contributed by atoms with Crippen LogP contribution in [-0.4, -0.2) is 27.0 Å². The minimum atomic E-state index is -1.16. The van der Waals surface area contributed by atoms with Gasteiger partial charge in [0.15, 0.2) is 11.6 Å². The Kier molecular flexibility index (Phi) is 3.28. The van der Waals surface area contributed by atoms with E-state index < -0.39 is 11.9 Å². The Bertz CT molecular complexity index is 648. The molecule has 2 aromatic heterocycles. The molecular formula is C12H11N3O4. The van der Waals surface area contributed by atoms with Crippen LogP contribution in [0.5, 0.6) is 0 Å². The molecule has 2 N–H and O–H groups in total. The first-order valence-corrected chi connectivity index (χ1v) is 5.43. The second kappa shape index (κ2) is 4.89. The monoisotopic (exact) mass is 261 g/mol. The molecular weight excluding hydrogens is 250 g/mol. The summed E-state index contributed by atoms with van der Waals surface area (Å²) < 4.78 is 5.16. The summed E-state index contributed by atoms with van der Waals surface area (Å²) in [4.78, 5) is 30.4. The van der Waals surface area contributed by atoms with Crippen molar-refractivity contribution in [2.45, 2.75) is 13.8 Å². The van der Waals surface area contributed by atoms with E-state index >= 15 is 0 Å². The standard InChI is InChI=1S/C12H11N3O4/c1-6-10(19-7(2)13-6)11(16)15-9-5-3-4-8(14-9)12(17)18/h3-5H,1-2H3,(H,17,18)(H,14,15,16). The molecule has 7 nitrogen and oxygen atoms in total. The van der Waals surface area contributed by atoms with E-state index in [1.54, 1.807) is 13.8 Å². The molecule has 0 unspecified atom stereocenters. The first-order valence-electron chi connectivity index (χ1n) is 5.43. The highest BCUT2D eigenvalue weighted by molar-refractivity contribution is 6.02. The summed E-state index contributed by atoms with van der Waals surface area (Å²) in [6.07, 6.45) is 0. The van der Waals surface area contributed by atoms with Gasteiger partial charge in [-0.25, -0.2) is 14.8 Å². The number of nitrogens with zero attached hydrogens (tertiary/aromatic N) is 2. The van der Waals surface area contributed by atoms with Crippen molar-refractivity contribution in [1.29, 1.82) is 0 Å². The number of anilines is 1. The molecule has 98 valence electrons. The van der Waals surface area contributed by atoms with Gasteiger partial charge in [-0.2, -0.15) is 0 Å². The molecule has 0 aromatic carbocycles. The summed E-state index contributed by atoms with van der Waals surface area (Å²) >= 11 is 0. The highest BCUT2D eigenvalue weighted by atomic mass is 16.4. The molecule has 2 rings (SSSR count). The number of oxazole rings is 1. The van der Waals surface area contributed by atoms with E-state index in [0.717, 1.165) is 0 Å². The summed E-state index contributed by atoms with van der Waals surface area (Å²) in [6, 6.07) is 4.31. The number of hydrogen-bond donors (Lipinski definition) is 2. The van der Waals surface area contributed by atoms with Crippen LogP contribution in [0.1, 0.15) is 32.6 Å². The predicted octanol–water partition coefficient (Wildman–Crippen LogP) is 1.64. The van der Waals surface area contributed by atoms with E-state index in [1.165, 1.54) is 18.2 Å². The summed E-state index contributed by atoms with van der Waals surface area (Å²) in [5.74, 6) is -1.08. The Morgan fingerprint density at radius 1 is 1.26 bits per heavy atom. The fourth-order valence-corrected chi connectivity index (χ4v) is 1.54. The van der Waals surface area contributed by atoms with E-state index in [4.69, 9.17) is 9.52 Å². The van der Waals surface area contributed by atoms with Crippen molar-refractivity contribution in [2.24, 2.45) is 0 Å². The Balaban J connectivity index is 2.21. The second-order valence-electron chi connectivity index (χ2n) is 3.81. The van der Waals surface area contributed by atoms with E-state index in [1.807, 2.05) is 0 Å². The van der Waals surface area contributed by atoms with Crippen molar-refractivity contribution in [1.82, 2.24) is 9.97 Å². The fraction of sp³-hybridized carbons (Fsp3) is 0.167. The Labute approximate surface area is 108 Å². The zero-order valence-electron chi connectivity index (χ0n) is 10.3. The number of amides is 1. The SMILES string of the molecule is Cc1nc(C)c(C(=O)Nc2cccc(C(=O)O)n2)o1. The number of carboxylic acids is 1. The molecule has 0 atom stereocenters. The molecule has 0 bridgehead atoms.